The van der Waals surface area contributed by atoms with Gasteiger partial charge in [0.2, 0.25) is 5.91 Å². The van der Waals surface area contributed by atoms with Gasteiger partial charge in [-0.2, -0.15) is 5.10 Å². The standard InChI is InChI=1S/C14H11FN6O4/c1-19-13-9(5-17-19)14(23)20(7-16-13)6-12(22)18-11-4-8(21(24)25)2-3-10(11)15/h2-5,7H,6H2,1H3,(H,18,22). The monoisotopic (exact) mass is 346 g/mol. The van der Waals surface area contributed by atoms with Gasteiger partial charge in [-0.25, -0.2) is 9.37 Å². The lowest BCUT2D eigenvalue weighted by atomic mass is 10.2. The predicted octanol–water partition coefficient (Wildman–Crippen LogP) is 0.816. The Bertz CT molecular complexity index is 1060. The highest BCUT2D eigenvalue weighted by molar-refractivity contribution is 5.91. The minimum atomic E-state index is -0.827. The Labute approximate surface area is 138 Å². The number of anilines is 1. The van der Waals surface area contributed by atoms with Crippen LogP contribution in [0.3, 0.4) is 0 Å². The van der Waals surface area contributed by atoms with Crippen LogP contribution in [0.4, 0.5) is 15.8 Å². The molecule has 0 bridgehead atoms. The van der Waals surface area contributed by atoms with Gasteiger partial charge in [0.1, 0.15) is 24.1 Å². The fourth-order valence-electron chi connectivity index (χ4n) is 2.25. The van der Waals surface area contributed by atoms with Crippen LogP contribution in [-0.2, 0) is 18.4 Å². The largest absolute Gasteiger partial charge is 0.322 e. The molecule has 10 nitrogen and oxygen atoms in total. The molecule has 0 saturated heterocycles. The summed E-state index contributed by atoms with van der Waals surface area (Å²) in [6.45, 7) is -0.432. The van der Waals surface area contributed by atoms with E-state index >= 15 is 0 Å². The van der Waals surface area contributed by atoms with E-state index in [2.05, 4.69) is 15.4 Å². The van der Waals surface area contributed by atoms with E-state index in [1.807, 2.05) is 0 Å². The molecule has 0 atom stereocenters. The first-order valence-electron chi connectivity index (χ1n) is 6.98. The van der Waals surface area contributed by atoms with E-state index in [-0.39, 0.29) is 16.8 Å². The van der Waals surface area contributed by atoms with Crippen LogP contribution in [0.5, 0.6) is 0 Å². The number of nitro benzene ring substituents is 1. The highest BCUT2D eigenvalue weighted by Gasteiger charge is 2.15. The van der Waals surface area contributed by atoms with E-state index < -0.39 is 28.8 Å². The molecule has 11 heteroatoms. The maximum absolute atomic E-state index is 13.7. The smallest absolute Gasteiger partial charge is 0.271 e. The summed E-state index contributed by atoms with van der Waals surface area (Å²) in [6.07, 6.45) is 2.51. The van der Waals surface area contributed by atoms with Crippen molar-refractivity contribution < 1.29 is 14.1 Å². The van der Waals surface area contributed by atoms with E-state index in [4.69, 9.17) is 0 Å². The number of amides is 1. The highest BCUT2D eigenvalue weighted by Crippen LogP contribution is 2.21. The van der Waals surface area contributed by atoms with Crippen molar-refractivity contribution in [2.24, 2.45) is 7.05 Å². The van der Waals surface area contributed by atoms with Gasteiger partial charge in [-0.15, -0.1) is 0 Å². The fourth-order valence-corrected chi connectivity index (χ4v) is 2.25. The molecule has 1 amide bonds. The number of hydrogen-bond donors (Lipinski definition) is 1. The summed E-state index contributed by atoms with van der Waals surface area (Å²) < 4.78 is 16.1. The third-order valence-corrected chi connectivity index (χ3v) is 3.47. The first-order chi connectivity index (χ1) is 11.9. The number of aromatic nitrogens is 4. The first-order valence-corrected chi connectivity index (χ1v) is 6.98. The van der Waals surface area contributed by atoms with Crippen LogP contribution < -0.4 is 10.9 Å². The van der Waals surface area contributed by atoms with Crippen LogP contribution in [-0.4, -0.2) is 30.2 Å². The molecular formula is C14H11FN6O4. The van der Waals surface area contributed by atoms with Crippen LogP contribution in [0.25, 0.3) is 11.0 Å². The Morgan fingerprint density at radius 3 is 2.92 bits per heavy atom. The van der Waals surface area contributed by atoms with Gasteiger partial charge in [0.25, 0.3) is 11.2 Å². The molecule has 2 heterocycles. The molecule has 0 aliphatic heterocycles. The Hall–Kier alpha value is -3.63. The lowest BCUT2D eigenvalue weighted by Gasteiger charge is -2.08. The molecule has 128 valence electrons. The Kier molecular flexibility index (Phi) is 3.97. The van der Waals surface area contributed by atoms with Gasteiger partial charge in [0, 0.05) is 19.2 Å². The second-order valence-electron chi connectivity index (χ2n) is 5.15. The third kappa shape index (κ3) is 3.06. The van der Waals surface area contributed by atoms with Crippen molar-refractivity contribution in [3.63, 3.8) is 0 Å². The zero-order valence-electron chi connectivity index (χ0n) is 12.8. The van der Waals surface area contributed by atoms with Gasteiger partial charge < -0.3 is 5.32 Å². The molecule has 3 aromatic rings. The number of fused-ring (bicyclic) bond motifs is 1. The molecule has 0 aliphatic carbocycles. The molecule has 0 aliphatic rings. The van der Waals surface area contributed by atoms with Gasteiger partial charge >= 0.3 is 0 Å². The maximum atomic E-state index is 13.7. The van der Waals surface area contributed by atoms with Crippen molar-refractivity contribution in [1.82, 2.24) is 19.3 Å². The van der Waals surface area contributed by atoms with Crippen LogP contribution in [0.2, 0.25) is 0 Å². The number of aryl methyl sites for hydroxylation is 1. The minimum Gasteiger partial charge on any atom is -0.322 e. The van der Waals surface area contributed by atoms with Crippen molar-refractivity contribution in [2.75, 3.05) is 5.32 Å². The summed E-state index contributed by atoms with van der Waals surface area (Å²) >= 11 is 0. The number of nitro groups is 1. The number of carbonyl (C=O) groups is 1. The summed E-state index contributed by atoms with van der Waals surface area (Å²) in [5.74, 6) is -1.56. The van der Waals surface area contributed by atoms with E-state index in [0.29, 0.717) is 5.65 Å². The maximum Gasteiger partial charge on any atom is 0.271 e. The summed E-state index contributed by atoms with van der Waals surface area (Å²) in [5.41, 5.74) is -0.825. The molecule has 1 aromatic carbocycles. The molecule has 0 spiro atoms. The molecule has 0 unspecified atom stereocenters. The van der Waals surface area contributed by atoms with Gasteiger partial charge in [-0.05, 0) is 6.07 Å². The number of non-ortho nitro benzene ring substituents is 1. The summed E-state index contributed by atoms with van der Waals surface area (Å²) in [7, 11) is 1.62. The molecule has 1 N–H and O–H groups in total. The number of nitrogens with zero attached hydrogens (tertiary/aromatic N) is 5. The van der Waals surface area contributed by atoms with Crippen molar-refractivity contribution in [2.45, 2.75) is 6.54 Å². The summed E-state index contributed by atoms with van der Waals surface area (Å²) in [5, 5.41) is 17.1. The third-order valence-electron chi connectivity index (χ3n) is 3.47. The number of carbonyl (C=O) groups excluding carboxylic acids is 1. The number of benzene rings is 1. The van der Waals surface area contributed by atoms with Crippen molar-refractivity contribution >= 4 is 28.3 Å². The summed E-state index contributed by atoms with van der Waals surface area (Å²) in [4.78, 5) is 38.4. The average molecular weight is 346 g/mol. The predicted molar refractivity (Wildman–Crippen MR) is 84.5 cm³/mol. The Morgan fingerprint density at radius 2 is 2.20 bits per heavy atom. The van der Waals surface area contributed by atoms with Gasteiger partial charge in [-0.1, -0.05) is 0 Å². The fraction of sp³-hybridized carbons (Fsp3) is 0.143. The number of rotatable bonds is 4. The Morgan fingerprint density at radius 1 is 1.44 bits per heavy atom. The SMILES string of the molecule is Cn1ncc2c(=O)n(CC(=O)Nc3cc([N+](=O)[O-])ccc3F)cnc21. The quantitative estimate of drug-likeness (QED) is 0.551. The van der Waals surface area contributed by atoms with Crippen molar-refractivity contribution in [3.8, 4) is 0 Å². The zero-order valence-corrected chi connectivity index (χ0v) is 12.8. The average Bonchev–Trinajstić information content (AvgIpc) is 2.94. The van der Waals surface area contributed by atoms with E-state index in [9.17, 15) is 24.1 Å². The molecular weight excluding hydrogens is 335 g/mol. The molecule has 25 heavy (non-hydrogen) atoms. The molecule has 3 rings (SSSR count). The van der Waals surface area contributed by atoms with Crippen LogP contribution in [0, 0.1) is 15.9 Å². The molecule has 2 aromatic heterocycles. The molecule has 0 fully saturated rings. The van der Waals surface area contributed by atoms with Crippen LogP contribution in [0.1, 0.15) is 0 Å². The second kappa shape index (κ2) is 6.11. The highest BCUT2D eigenvalue weighted by atomic mass is 19.1. The number of halogens is 1. The van der Waals surface area contributed by atoms with E-state index in [0.717, 1.165) is 22.8 Å². The molecule has 0 radical (unpaired) electrons. The number of nitrogens with one attached hydrogen (secondary N) is 1. The topological polar surface area (TPSA) is 125 Å². The van der Waals surface area contributed by atoms with Crippen LogP contribution in [0.15, 0.2) is 35.5 Å². The van der Waals surface area contributed by atoms with Crippen molar-refractivity contribution in [3.05, 3.63) is 57.0 Å². The summed E-state index contributed by atoms with van der Waals surface area (Å²) in [6, 6.07) is 2.76. The lowest BCUT2D eigenvalue weighted by Crippen LogP contribution is -2.28. The first kappa shape index (κ1) is 16.2. The lowest BCUT2D eigenvalue weighted by molar-refractivity contribution is -0.384. The second-order valence-corrected chi connectivity index (χ2v) is 5.15. The zero-order chi connectivity index (χ0) is 18.1. The van der Waals surface area contributed by atoms with Gasteiger partial charge in [0.05, 0.1) is 16.8 Å². The van der Waals surface area contributed by atoms with E-state index in [1.54, 1.807) is 7.05 Å². The molecule has 0 saturated carbocycles. The van der Waals surface area contributed by atoms with Crippen LogP contribution >= 0.6 is 0 Å². The van der Waals surface area contributed by atoms with Crippen molar-refractivity contribution in [1.29, 1.82) is 0 Å². The Balaban J connectivity index is 1.84. The van der Waals surface area contributed by atoms with Gasteiger partial charge in [-0.3, -0.25) is 29.0 Å². The number of hydrogen-bond acceptors (Lipinski definition) is 6. The van der Waals surface area contributed by atoms with Gasteiger partial charge in [0.15, 0.2) is 5.65 Å². The van der Waals surface area contributed by atoms with E-state index in [1.165, 1.54) is 17.2 Å². The normalized spacial score (nSPS) is 10.8. The minimum absolute atomic E-state index is 0.235.